The van der Waals surface area contributed by atoms with Crippen LogP contribution in [0, 0.1) is 11.8 Å². The van der Waals surface area contributed by atoms with Gasteiger partial charge in [-0.3, -0.25) is 9.89 Å². The fraction of sp³-hybridized carbons (Fsp3) is 0.938. The minimum atomic E-state index is 0.606. The largest absolute Gasteiger partial charge is 0.357 e. The Bertz CT molecular complexity index is 286. The van der Waals surface area contributed by atoms with Crippen molar-refractivity contribution in [1.82, 2.24) is 15.5 Å². The summed E-state index contributed by atoms with van der Waals surface area (Å²) in [6.07, 6.45) is 2.64. The van der Waals surface area contributed by atoms with Crippen LogP contribution in [0.4, 0.5) is 0 Å². The summed E-state index contributed by atoms with van der Waals surface area (Å²) in [5.74, 6) is 2.32. The van der Waals surface area contributed by atoms with Crippen LogP contribution in [0.5, 0.6) is 0 Å². The lowest BCUT2D eigenvalue weighted by Gasteiger charge is -2.27. The van der Waals surface area contributed by atoms with Gasteiger partial charge in [0.1, 0.15) is 0 Å². The smallest absolute Gasteiger partial charge is 0.191 e. The van der Waals surface area contributed by atoms with Crippen molar-refractivity contribution in [3.05, 3.63) is 0 Å². The van der Waals surface area contributed by atoms with E-state index in [2.05, 4.69) is 55.1 Å². The van der Waals surface area contributed by atoms with Crippen molar-refractivity contribution in [1.29, 1.82) is 0 Å². The molecule has 4 heteroatoms. The molecule has 0 aliphatic carbocycles. The molecule has 1 aliphatic rings. The third-order valence-corrected chi connectivity index (χ3v) is 3.56. The molecular formula is C16H34N4. The normalized spacial score (nSPS) is 20.9. The predicted molar refractivity (Wildman–Crippen MR) is 88.3 cm³/mol. The Labute approximate surface area is 125 Å². The van der Waals surface area contributed by atoms with Crippen LogP contribution in [0.25, 0.3) is 0 Å². The number of nitrogens with zero attached hydrogens (tertiary/aromatic N) is 2. The van der Waals surface area contributed by atoms with Crippen LogP contribution in [0.1, 0.15) is 47.5 Å². The lowest BCUT2D eigenvalue weighted by Crippen LogP contribution is -2.45. The van der Waals surface area contributed by atoms with E-state index >= 15 is 0 Å². The second kappa shape index (κ2) is 9.22. The number of nitrogens with one attached hydrogen (secondary N) is 2. The minimum absolute atomic E-state index is 0.606. The zero-order valence-electron chi connectivity index (χ0n) is 14.1. The van der Waals surface area contributed by atoms with E-state index in [-0.39, 0.29) is 0 Å². The Hall–Kier alpha value is -0.770. The molecule has 2 N–H and O–H groups in total. The standard InChI is InChI=1S/C16H34N4/c1-6-17-16(18-10-13(2)3)19-11-15-8-7-9-20(15)12-14(4)5/h13-15H,6-12H2,1-5H3,(H2,17,18,19)/t15-/m1/s1. The molecule has 0 aromatic carbocycles. The van der Waals surface area contributed by atoms with E-state index in [1.165, 1.54) is 25.9 Å². The maximum atomic E-state index is 4.64. The fourth-order valence-corrected chi connectivity index (χ4v) is 2.67. The zero-order chi connectivity index (χ0) is 15.0. The van der Waals surface area contributed by atoms with Crippen LogP contribution in [-0.2, 0) is 0 Å². The van der Waals surface area contributed by atoms with Gasteiger partial charge in [-0.25, -0.2) is 0 Å². The summed E-state index contributed by atoms with van der Waals surface area (Å²) in [7, 11) is 0. The lowest BCUT2D eigenvalue weighted by atomic mass is 10.1. The molecule has 1 aliphatic heterocycles. The van der Waals surface area contributed by atoms with Gasteiger partial charge in [-0.05, 0) is 38.1 Å². The monoisotopic (exact) mass is 282 g/mol. The number of likely N-dealkylation sites (tertiary alicyclic amines) is 1. The summed E-state index contributed by atoms with van der Waals surface area (Å²) in [5.41, 5.74) is 0. The molecule has 20 heavy (non-hydrogen) atoms. The topological polar surface area (TPSA) is 39.7 Å². The van der Waals surface area contributed by atoms with Crippen molar-refractivity contribution in [2.24, 2.45) is 16.8 Å². The number of hydrogen-bond acceptors (Lipinski definition) is 2. The van der Waals surface area contributed by atoms with Gasteiger partial charge < -0.3 is 10.6 Å². The van der Waals surface area contributed by atoms with Gasteiger partial charge in [-0.1, -0.05) is 27.7 Å². The van der Waals surface area contributed by atoms with Crippen molar-refractivity contribution in [2.45, 2.75) is 53.5 Å². The second-order valence-electron chi connectivity index (χ2n) is 6.68. The first-order valence-corrected chi connectivity index (χ1v) is 8.29. The van der Waals surface area contributed by atoms with Crippen molar-refractivity contribution in [3.63, 3.8) is 0 Å². The van der Waals surface area contributed by atoms with Gasteiger partial charge in [0.25, 0.3) is 0 Å². The third-order valence-electron chi connectivity index (χ3n) is 3.56. The van der Waals surface area contributed by atoms with Gasteiger partial charge in [-0.2, -0.15) is 0 Å². The second-order valence-corrected chi connectivity index (χ2v) is 6.68. The molecule has 4 nitrogen and oxygen atoms in total. The molecule has 0 radical (unpaired) electrons. The molecular weight excluding hydrogens is 248 g/mol. The van der Waals surface area contributed by atoms with Crippen molar-refractivity contribution < 1.29 is 0 Å². The number of guanidine groups is 1. The summed E-state index contributed by atoms with van der Waals surface area (Å²) in [4.78, 5) is 7.26. The van der Waals surface area contributed by atoms with Crippen molar-refractivity contribution in [2.75, 3.05) is 32.7 Å². The summed E-state index contributed by atoms with van der Waals surface area (Å²) in [5, 5.41) is 6.86. The molecule has 1 atom stereocenters. The molecule has 118 valence electrons. The number of rotatable bonds is 7. The SMILES string of the molecule is CCNC(=NCC(C)C)NC[C@H]1CCCN1CC(C)C. The molecule has 0 spiro atoms. The predicted octanol–water partition coefficient (Wildman–Crippen LogP) is 2.32. The molecule has 0 amide bonds. The number of hydrogen-bond donors (Lipinski definition) is 2. The summed E-state index contributed by atoms with van der Waals surface area (Å²) >= 11 is 0. The molecule has 0 aromatic heterocycles. The Morgan fingerprint density at radius 2 is 1.95 bits per heavy atom. The average Bonchev–Trinajstić information content (AvgIpc) is 2.79. The fourth-order valence-electron chi connectivity index (χ4n) is 2.67. The van der Waals surface area contributed by atoms with E-state index in [4.69, 9.17) is 0 Å². The summed E-state index contributed by atoms with van der Waals surface area (Å²) in [6.45, 7) is 16.4. The summed E-state index contributed by atoms with van der Waals surface area (Å²) < 4.78 is 0. The Balaban J connectivity index is 2.43. The highest BCUT2D eigenvalue weighted by atomic mass is 15.2. The van der Waals surface area contributed by atoms with Crippen LogP contribution >= 0.6 is 0 Å². The van der Waals surface area contributed by atoms with E-state index in [1.807, 2.05) is 0 Å². The Kier molecular flexibility index (Phi) is 7.97. The van der Waals surface area contributed by atoms with Crippen LogP contribution in [0.3, 0.4) is 0 Å². The van der Waals surface area contributed by atoms with E-state index in [1.54, 1.807) is 0 Å². The maximum Gasteiger partial charge on any atom is 0.191 e. The van der Waals surface area contributed by atoms with Gasteiger partial charge in [0.15, 0.2) is 5.96 Å². The number of aliphatic imine (C=N–C) groups is 1. The first kappa shape index (κ1) is 17.3. The highest BCUT2D eigenvalue weighted by Gasteiger charge is 2.24. The van der Waals surface area contributed by atoms with Gasteiger partial charge in [-0.15, -0.1) is 0 Å². The van der Waals surface area contributed by atoms with E-state index < -0.39 is 0 Å². The third kappa shape index (κ3) is 6.60. The van der Waals surface area contributed by atoms with Crippen LogP contribution in [0.2, 0.25) is 0 Å². The van der Waals surface area contributed by atoms with Crippen molar-refractivity contribution in [3.8, 4) is 0 Å². The first-order chi connectivity index (χ1) is 9.52. The summed E-state index contributed by atoms with van der Waals surface area (Å²) in [6, 6.07) is 0.667. The molecule has 0 bridgehead atoms. The zero-order valence-corrected chi connectivity index (χ0v) is 14.1. The molecule has 1 saturated heterocycles. The molecule has 1 heterocycles. The highest BCUT2D eigenvalue weighted by Crippen LogP contribution is 2.17. The molecule has 1 rings (SSSR count). The van der Waals surface area contributed by atoms with Gasteiger partial charge in [0, 0.05) is 32.2 Å². The van der Waals surface area contributed by atoms with Crippen LogP contribution in [-0.4, -0.2) is 49.6 Å². The van der Waals surface area contributed by atoms with Gasteiger partial charge in [0.2, 0.25) is 0 Å². The lowest BCUT2D eigenvalue weighted by molar-refractivity contribution is 0.226. The van der Waals surface area contributed by atoms with Crippen LogP contribution in [0.15, 0.2) is 4.99 Å². The van der Waals surface area contributed by atoms with E-state index in [9.17, 15) is 0 Å². The van der Waals surface area contributed by atoms with Gasteiger partial charge in [0.05, 0.1) is 0 Å². The maximum absolute atomic E-state index is 4.64. The van der Waals surface area contributed by atoms with Gasteiger partial charge >= 0.3 is 0 Å². The quantitative estimate of drug-likeness (QED) is 0.556. The van der Waals surface area contributed by atoms with Crippen molar-refractivity contribution >= 4 is 5.96 Å². The molecule has 1 fully saturated rings. The van der Waals surface area contributed by atoms with E-state index in [0.717, 1.165) is 31.5 Å². The molecule has 0 unspecified atom stereocenters. The van der Waals surface area contributed by atoms with Crippen LogP contribution < -0.4 is 10.6 Å². The Morgan fingerprint density at radius 1 is 1.20 bits per heavy atom. The molecule has 0 aromatic rings. The Morgan fingerprint density at radius 3 is 2.55 bits per heavy atom. The highest BCUT2D eigenvalue weighted by molar-refractivity contribution is 5.79. The first-order valence-electron chi connectivity index (χ1n) is 8.29. The van der Waals surface area contributed by atoms with E-state index in [0.29, 0.717) is 12.0 Å². The average molecular weight is 282 g/mol. The minimum Gasteiger partial charge on any atom is -0.357 e. The molecule has 0 saturated carbocycles.